The summed E-state index contributed by atoms with van der Waals surface area (Å²) in [5.74, 6) is 0. The van der Waals surface area contributed by atoms with Crippen LogP contribution in [0, 0.1) is 0 Å². The normalized spacial score (nSPS) is 11.1. The van der Waals surface area contributed by atoms with Crippen molar-refractivity contribution < 1.29 is 0 Å². The molecule has 0 fully saturated rings. The zero-order valence-corrected chi connectivity index (χ0v) is 14.7. The summed E-state index contributed by atoms with van der Waals surface area (Å²) in [5, 5.41) is 4.27. The third kappa shape index (κ3) is 2.52. The molecule has 4 heterocycles. The molecule has 0 spiro atoms. The van der Waals surface area contributed by atoms with E-state index < -0.39 is 0 Å². The van der Waals surface area contributed by atoms with E-state index in [0.717, 1.165) is 28.2 Å². The van der Waals surface area contributed by atoms with Gasteiger partial charge in [0.25, 0.3) is 0 Å². The number of rotatable bonds is 3. The van der Waals surface area contributed by atoms with Crippen LogP contribution in [-0.2, 0) is 0 Å². The number of nitrogens with zero attached hydrogens (tertiary/aromatic N) is 3. The second kappa shape index (κ2) is 6.24. The molecule has 124 valence electrons. The fourth-order valence-electron chi connectivity index (χ4n) is 3.22. The topological polar surface area (TPSA) is 30.2 Å². The highest BCUT2D eigenvalue weighted by Gasteiger charge is 2.16. The van der Waals surface area contributed by atoms with Gasteiger partial charge in [0.05, 0.1) is 11.4 Å². The van der Waals surface area contributed by atoms with Gasteiger partial charge in [-0.25, -0.2) is 4.98 Å². The Balaban J connectivity index is 1.82. The Bertz CT molecular complexity index is 1160. The first kappa shape index (κ1) is 15.0. The van der Waals surface area contributed by atoms with E-state index in [1.807, 2.05) is 30.5 Å². The maximum absolute atomic E-state index is 4.92. The number of pyridine rings is 2. The average molecular weight is 353 g/mol. The van der Waals surface area contributed by atoms with Crippen molar-refractivity contribution in [1.29, 1.82) is 0 Å². The number of hydrogen-bond donors (Lipinski definition) is 0. The van der Waals surface area contributed by atoms with Crippen molar-refractivity contribution in [2.75, 3.05) is 0 Å². The van der Waals surface area contributed by atoms with Crippen molar-refractivity contribution in [2.24, 2.45) is 0 Å². The third-order valence-corrected chi connectivity index (χ3v) is 5.14. The van der Waals surface area contributed by atoms with Gasteiger partial charge in [-0.15, -0.1) is 0 Å². The van der Waals surface area contributed by atoms with E-state index in [1.165, 1.54) is 11.1 Å². The average Bonchev–Trinajstić information content (AvgIpc) is 3.37. The van der Waals surface area contributed by atoms with Crippen LogP contribution in [0.3, 0.4) is 0 Å². The van der Waals surface area contributed by atoms with Crippen LogP contribution >= 0.6 is 11.3 Å². The van der Waals surface area contributed by atoms with Crippen LogP contribution < -0.4 is 0 Å². The lowest BCUT2D eigenvalue weighted by Gasteiger charge is -2.07. The molecular weight excluding hydrogens is 338 g/mol. The molecule has 0 saturated heterocycles. The summed E-state index contributed by atoms with van der Waals surface area (Å²) in [4.78, 5) is 9.23. The number of imidazole rings is 1. The van der Waals surface area contributed by atoms with Crippen LogP contribution in [0.25, 0.3) is 39.3 Å². The second-order valence-corrected chi connectivity index (χ2v) is 6.85. The monoisotopic (exact) mass is 353 g/mol. The van der Waals surface area contributed by atoms with E-state index in [-0.39, 0.29) is 0 Å². The number of hydrogen-bond acceptors (Lipinski definition) is 3. The summed E-state index contributed by atoms with van der Waals surface area (Å²) in [6.45, 7) is 0. The Kier molecular flexibility index (Phi) is 3.61. The molecule has 0 bridgehead atoms. The Morgan fingerprint density at radius 3 is 2.42 bits per heavy atom. The van der Waals surface area contributed by atoms with Gasteiger partial charge in [-0.3, -0.25) is 9.38 Å². The molecule has 5 aromatic rings. The quantitative estimate of drug-likeness (QED) is 0.411. The second-order valence-electron chi connectivity index (χ2n) is 6.07. The lowest BCUT2D eigenvalue weighted by Crippen LogP contribution is -1.91. The highest BCUT2D eigenvalue weighted by molar-refractivity contribution is 7.08. The smallest absolute Gasteiger partial charge is 0.137 e. The van der Waals surface area contributed by atoms with Gasteiger partial charge in [-0.05, 0) is 52.2 Å². The first-order valence-corrected chi connectivity index (χ1v) is 9.35. The molecule has 0 saturated carbocycles. The SMILES string of the molecule is c1ccc(-c2nc3ccc(-c4ccsc4)cn3c2-c2cccnc2)cc1. The molecular formula is C22H15N3S. The number of thiophene rings is 1. The lowest BCUT2D eigenvalue weighted by molar-refractivity contribution is 1.18. The first-order chi connectivity index (χ1) is 12.9. The Morgan fingerprint density at radius 2 is 1.65 bits per heavy atom. The van der Waals surface area contributed by atoms with Gasteiger partial charge in [0.15, 0.2) is 0 Å². The molecule has 26 heavy (non-hydrogen) atoms. The molecule has 3 nitrogen and oxygen atoms in total. The van der Waals surface area contributed by atoms with Gasteiger partial charge in [0.1, 0.15) is 5.65 Å². The van der Waals surface area contributed by atoms with Crippen LogP contribution in [0.1, 0.15) is 0 Å². The Labute approximate surface area is 155 Å². The van der Waals surface area contributed by atoms with Crippen LogP contribution in [0.15, 0.2) is 90.0 Å². The van der Waals surface area contributed by atoms with Crippen LogP contribution in [0.5, 0.6) is 0 Å². The van der Waals surface area contributed by atoms with E-state index in [9.17, 15) is 0 Å². The summed E-state index contributed by atoms with van der Waals surface area (Å²) < 4.78 is 2.17. The number of benzene rings is 1. The highest BCUT2D eigenvalue weighted by atomic mass is 32.1. The van der Waals surface area contributed by atoms with Gasteiger partial charge >= 0.3 is 0 Å². The van der Waals surface area contributed by atoms with Crippen molar-refractivity contribution in [3.63, 3.8) is 0 Å². The van der Waals surface area contributed by atoms with Gasteiger partial charge in [0, 0.05) is 29.7 Å². The van der Waals surface area contributed by atoms with E-state index in [2.05, 4.69) is 62.7 Å². The van der Waals surface area contributed by atoms with Crippen molar-refractivity contribution in [1.82, 2.24) is 14.4 Å². The van der Waals surface area contributed by atoms with E-state index in [1.54, 1.807) is 17.5 Å². The number of fused-ring (bicyclic) bond motifs is 1. The minimum atomic E-state index is 0.932. The van der Waals surface area contributed by atoms with Crippen LogP contribution in [-0.4, -0.2) is 14.4 Å². The largest absolute Gasteiger partial charge is 0.298 e. The van der Waals surface area contributed by atoms with Crippen molar-refractivity contribution in [3.8, 4) is 33.6 Å². The molecule has 0 aliphatic rings. The maximum atomic E-state index is 4.92. The zero-order chi connectivity index (χ0) is 17.3. The van der Waals surface area contributed by atoms with E-state index in [4.69, 9.17) is 4.98 Å². The molecule has 0 atom stereocenters. The predicted octanol–water partition coefficient (Wildman–Crippen LogP) is 5.79. The molecule has 5 rings (SSSR count). The molecule has 0 aliphatic heterocycles. The summed E-state index contributed by atoms with van der Waals surface area (Å²) in [6.07, 6.45) is 5.86. The van der Waals surface area contributed by atoms with Crippen molar-refractivity contribution in [3.05, 3.63) is 90.0 Å². The van der Waals surface area contributed by atoms with Gasteiger partial charge in [0.2, 0.25) is 0 Å². The predicted molar refractivity (Wildman–Crippen MR) is 107 cm³/mol. The minimum Gasteiger partial charge on any atom is -0.298 e. The molecule has 4 aromatic heterocycles. The molecule has 1 aromatic carbocycles. The molecule has 0 amide bonds. The molecule has 4 heteroatoms. The molecule has 0 unspecified atom stereocenters. The summed E-state index contributed by atoms with van der Waals surface area (Å²) in [7, 11) is 0. The summed E-state index contributed by atoms with van der Waals surface area (Å²) in [5.41, 5.74) is 7.54. The molecule has 0 radical (unpaired) electrons. The van der Waals surface area contributed by atoms with Crippen LogP contribution in [0.2, 0.25) is 0 Å². The fraction of sp³-hybridized carbons (Fsp3) is 0. The summed E-state index contributed by atoms with van der Waals surface area (Å²) in [6, 6.07) is 20.7. The third-order valence-electron chi connectivity index (χ3n) is 4.46. The number of aromatic nitrogens is 3. The lowest BCUT2D eigenvalue weighted by atomic mass is 10.1. The highest BCUT2D eigenvalue weighted by Crippen LogP contribution is 2.33. The van der Waals surface area contributed by atoms with E-state index in [0.29, 0.717) is 0 Å². The van der Waals surface area contributed by atoms with E-state index >= 15 is 0 Å². The van der Waals surface area contributed by atoms with Gasteiger partial charge in [-0.1, -0.05) is 30.3 Å². The van der Waals surface area contributed by atoms with Crippen LogP contribution in [0.4, 0.5) is 0 Å². The molecule has 0 N–H and O–H groups in total. The standard InChI is InChI=1S/C22H15N3S/c1-2-5-16(6-3-1)21-22(17-7-4-11-23-13-17)25-14-18(8-9-20(25)24-21)19-10-12-26-15-19/h1-15H. The first-order valence-electron chi connectivity index (χ1n) is 8.41. The Morgan fingerprint density at radius 1 is 0.769 bits per heavy atom. The molecule has 0 aliphatic carbocycles. The summed E-state index contributed by atoms with van der Waals surface area (Å²) >= 11 is 1.71. The van der Waals surface area contributed by atoms with Gasteiger partial charge < -0.3 is 0 Å². The minimum absolute atomic E-state index is 0.932. The Hall–Kier alpha value is -3.24. The van der Waals surface area contributed by atoms with Crippen molar-refractivity contribution >= 4 is 17.0 Å². The zero-order valence-electron chi connectivity index (χ0n) is 13.9. The van der Waals surface area contributed by atoms with Gasteiger partial charge in [-0.2, -0.15) is 11.3 Å². The maximum Gasteiger partial charge on any atom is 0.137 e. The van der Waals surface area contributed by atoms with Crippen molar-refractivity contribution in [2.45, 2.75) is 0 Å². The fourth-order valence-corrected chi connectivity index (χ4v) is 3.89.